The number of pyridine rings is 1. The Morgan fingerprint density at radius 1 is 1.24 bits per heavy atom. The molecule has 2 heterocycles. The van der Waals surface area contributed by atoms with E-state index >= 15 is 0 Å². The molecule has 2 aromatic rings. The number of rotatable bonds is 6. The van der Waals surface area contributed by atoms with Gasteiger partial charge >= 0.3 is 0 Å². The maximum atomic E-state index is 14.0. The summed E-state index contributed by atoms with van der Waals surface area (Å²) in [6.07, 6.45) is 4.96. The standard InChI is InChI=1S/C22H28FN5.HI/c1-2-24-21(26-16-22(11-12-22)17-7-4-3-5-8-17)27-18-10-14-28(15-18)20-19(23)9-6-13-25-20;/h3-9,13,18H,2,10-12,14-16H2,1H3,(H2,24,26,27);1H. The molecule has 5 nitrogen and oxygen atoms in total. The van der Waals surface area contributed by atoms with Crippen molar-refractivity contribution < 1.29 is 4.39 Å². The minimum atomic E-state index is -0.262. The van der Waals surface area contributed by atoms with E-state index in [-0.39, 0.29) is 41.3 Å². The van der Waals surface area contributed by atoms with Crippen LogP contribution in [0.1, 0.15) is 31.7 Å². The van der Waals surface area contributed by atoms with Crippen LogP contribution in [0.4, 0.5) is 10.2 Å². The SMILES string of the molecule is CCNC(=NCC1(c2ccccc2)CC1)NC1CCN(c2ncccc2F)C1.I. The average molecular weight is 509 g/mol. The van der Waals surface area contributed by atoms with Gasteiger partial charge in [-0.2, -0.15) is 0 Å². The third kappa shape index (κ3) is 5.18. The van der Waals surface area contributed by atoms with E-state index < -0.39 is 0 Å². The van der Waals surface area contributed by atoms with E-state index in [0.29, 0.717) is 5.82 Å². The average Bonchev–Trinajstić information content (AvgIpc) is 3.38. The van der Waals surface area contributed by atoms with Crippen LogP contribution in [0, 0.1) is 5.82 Å². The molecule has 1 atom stereocenters. The van der Waals surface area contributed by atoms with Gasteiger partial charge < -0.3 is 15.5 Å². The van der Waals surface area contributed by atoms with Gasteiger partial charge in [0.15, 0.2) is 17.6 Å². The highest BCUT2D eigenvalue weighted by molar-refractivity contribution is 14.0. The fourth-order valence-electron chi connectivity index (χ4n) is 3.90. The van der Waals surface area contributed by atoms with Crippen LogP contribution in [0.5, 0.6) is 0 Å². The minimum absolute atomic E-state index is 0. The Bertz CT molecular complexity index is 825. The van der Waals surface area contributed by atoms with Crippen LogP contribution < -0.4 is 15.5 Å². The molecule has 0 amide bonds. The van der Waals surface area contributed by atoms with E-state index in [1.54, 1.807) is 12.3 Å². The van der Waals surface area contributed by atoms with E-state index in [1.165, 1.54) is 24.5 Å². The topological polar surface area (TPSA) is 52.6 Å². The van der Waals surface area contributed by atoms with Crippen molar-refractivity contribution in [2.75, 3.05) is 31.1 Å². The van der Waals surface area contributed by atoms with Crippen molar-refractivity contribution >= 4 is 35.8 Å². The van der Waals surface area contributed by atoms with Crippen molar-refractivity contribution in [3.63, 3.8) is 0 Å². The molecular formula is C22H29FIN5. The van der Waals surface area contributed by atoms with Gasteiger partial charge in [0, 0.05) is 37.3 Å². The molecule has 0 spiro atoms. The number of nitrogens with zero attached hydrogens (tertiary/aromatic N) is 3. The highest BCUT2D eigenvalue weighted by atomic mass is 127. The first-order chi connectivity index (χ1) is 13.7. The molecule has 1 aliphatic carbocycles. The summed E-state index contributed by atoms with van der Waals surface area (Å²) in [4.78, 5) is 11.1. The molecular weight excluding hydrogens is 480 g/mol. The zero-order chi connectivity index (χ0) is 19.4. The molecule has 156 valence electrons. The summed E-state index contributed by atoms with van der Waals surface area (Å²) >= 11 is 0. The van der Waals surface area contributed by atoms with Crippen LogP contribution in [-0.4, -0.2) is 43.2 Å². The highest BCUT2D eigenvalue weighted by Crippen LogP contribution is 2.48. The molecule has 2 N–H and O–H groups in total. The van der Waals surface area contributed by atoms with E-state index in [4.69, 9.17) is 4.99 Å². The lowest BCUT2D eigenvalue weighted by molar-refractivity contribution is 0.611. The zero-order valence-corrected chi connectivity index (χ0v) is 19.1. The Morgan fingerprint density at radius 2 is 2.03 bits per heavy atom. The first kappa shape index (κ1) is 21.8. The van der Waals surface area contributed by atoms with Gasteiger partial charge in [0.05, 0.1) is 6.54 Å². The molecule has 0 bridgehead atoms. The molecule has 1 aromatic heterocycles. The van der Waals surface area contributed by atoms with Crippen molar-refractivity contribution in [1.82, 2.24) is 15.6 Å². The van der Waals surface area contributed by atoms with Gasteiger partial charge in [-0.25, -0.2) is 9.37 Å². The van der Waals surface area contributed by atoms with E-state index in [2.05, 4.69) is 52.9 Å². The fraction of sp³-hybridized carbons (Fsp3) is 0.455. The van der Waals surface area contributed by atoms with Crippen molar-refractivity contribution in [1.29, 1.82) is 0 Å². The van der Waals surface area contributed by atoms with Gasteiger partial charge in [-0.1, -0.05) is 30.3 Å². The van der Waals surface area contributed by atoms with Crippen molar-refractivity contribution in [2.24, 2.45) is 4.99 Å². The first-order valence-corrected chi connectivity index (χ1v) is 10.2. The largest absolute Gasteiger partial charge is 0.357 e. The lowest BCUT2D eigenvalue weighted by Crippen LogP contribution is -2.45. The van der Waals surface area contributed by atoms with Crippen molar-refractivity contribution in [3.05, 3.63) is 60.0 Å². The summed E-state index contributed by atoms with van der Waals surface area (Å²) in [7, 11) is 0. The van der Waals surface area contributed by atoms with Gasteiger partial charge in [0.1, 0.15) is 0 Å². The summed E-state index contributed by atoms with van der Waals surface area (Å²) in [5.74, 6) is 1.02. The summed E-state index contributed by atoms with van der Waals surface area (Å²) in [5.41, 5.74) is 1.58. The molecule has 29 heavy (non-hydrogen) atoms. The van der Waals surface area contributed by atoms with E-state index in [0.717, 1.165) is 38.6 Å². The minimum Gasteiger partial charge on any atom is -0.357 e. The molecule has 2 aliphatic rings. The molecule has 1 saturated carbocycles. The van der Waals surface area contributed by atoms with Crippen LogP contribution >= 0.6 is 24.0 Å². The van der Waals surface area contributed by atoms with Crippen LogP contribution in [0.2, 0.25) is 0 Å². The van der Waals surface area contributed by atoms with Gasteiger partial charge in [0.2, 0.25) is 0 Å². The van der Waals surface area contributed by atoms with Gasteiger partial charge in [-0.05, 0) is 43.9 Å². The molecule has 7 heteroatoms. The van der Waals surface area contributed by atoms with Gasteiger partial charge in [-0.15, -0.1) is 24.0 Å². The van der Waals surface area contributed by atoms with Crippen molar-refractivity contribution in [3.8, 4) is 0 Å². The lowest BCUT2D eigenvalue weighted by atomic mass is 9.96. The third-order valence-electron chi connectivity index (χ3n) is 5.69. The number of halogens is 2. The van der Waals surface area contributed by atoms with Crippen molar-refractivity contribution in [2.45, 2.75) is 37.6 Å². The number of hydrogen-bond donors (Lipinski definition) is 2. The number of aromatic nitrogens is 1. The number of aliphatic imine (C=N–C) groups is 1. The molecule has 4 rings (SSSR count). The molecule has 1 saturated heterocycles. The molecule has 2 fully saturated rings. The fourth-order valence-corrected chi connectivity index (χ4v) is 3.90. The number of benzene rings is 1. The Morgan fingerprint density at radius 3 is 2.72 bits per heavy atom. The molecule has 1 aromatic carbocycles. The number of hydrogen-bond acceptors (Lipinski definition) is 3. The Labute approximate surface area is 189 Å². The third-order valence-corrected chi connectivity index (χ3v) is 5.69. The maximum Gasteiger partial charge on any atom is 0.191 e. The predicted molar refractivity (Wildman–Crippen MR) is 127 cm³/mol. The van der Waals surface area contributed by atoms with E-state index in [1.807, 2.05) is 4.90 Å². The van der Waals surface area contributed by atoms with Gasteiger partial charge in [-0.3, -0.25) is 4.99 Å². The molecule has 1 unspecified atom stereocenters. The van der Waals surface area contributed by atoms with E-state index in [9.17, 15) is 4.39 Å². The summed E-state index contributed by atoms with van der Waals surface area (Å²) in [5, 5.41) is 6.89. The first-order valence-electron chi connectivity index (χ1n) is 10.2. The Balaban J connectivity index is 0.00000240. The Kier molecular flexibility index (Phi) is 7.32. The van der Waals surface area contributed by atoms with Gasteiger partial charge in [0.25, 0.3) is 0 Å². The quantitative estimate of drug-likeness (QED) is 0.355. The van der Waals surface area contributed by atoms with Crippen LogP contribution in [-0.2, 0) is 5.41 Å². The maximum absolute atomic E-state index is 14.0. The monoisotopic (exact) mass is 509 g/mol. The lowest BCUT2D eigenvalue weighted by Gasteiger charge is -2.20. The summed E-state index contributed by atoms with van der Waals surface area (Å²) in [6.45, 7) is 5.19. The second kappa shape index (κ2) is 9.73. The number of anilines is 1. The number of nitrogens with one attached hydrogen (secondary N) is 2. The summed E-state index contributed by atoms with van der Waals surface area (Å²) in [6, 6.07) is 14.0. The molecule has 0 radical (unpaired) electrons. The Hall–Kier alpha value is -1.90. The number of guanidine groups is 1. The summed E-state index contributed by atoms with van der Waals surface area (Å²) < 4.78 is 14.0. The smallest absolute Gasteiger partial charge is 0.191 e. The zero-order valence-electron chi connectivity index (χ0n) is 16.8. The second-order valence-electron chi connectivity index (χ2n) is 7.73. The highest BCUT2D eigenvalue weighted by Gasteiger charge is 2.44. The van der Waals surface area contributed by atoms with Crippen LogP contribution in [0.25, 0.3) is 0 Å². The normalized spacial score (nSPS) is 20.1. The molecule has 1 aliphatic heterocycles. The van der Waals surface area contributed by atoms with Crippen LogP contribution in [0.3, 0.4) is 0 Å². The second-order valence-corrected chi connectivity index (χ2v) is 7.73. The predicted octanol–water partition coefficient (Wildman–Crippen LogP) is 3.70. The van der Waals surface area contributed by atoms with Crippen LogP contribution in [0.15, 0.2) is 53.7 Å².